The molecule has 0 fully saturated rings. The highest BCUT2D eigenvalue weighted by Gasteiger charge is 2.21. The van der Waals surface area contributed by atoms with Gasteiger partial charge in [-0.1, -0.05) is 6.92 Å². The maximum atomic E-state index is 13.8. The molecule has 0 atom stereocenters. The van der Waals surface area contributed by atoms with Crippen LogP contribution in [0.25, 0.3) is 0 Å². The summed E-state index contributed by atoms with van der Waals surface area (Å²) < 4.78 is 39.8. The highest BCUT2D eigenvalue weighted by molar-refractivity contribution is 7.89. The molecule has 1 rings (SSSR count). The van der Waals surface area contributed by atoms with Gasteiger partial charge >= 0.3 is 0 Å². The van der Waals surface area contributed by atoms with E-state index in [1.807, 2.05) is 11.6 Å². The second-order valence-corrected chi connectivity index (χ2v) is 6.06. The number of benzene rings is 1. The molecule has 1 aromatic rings. The average molecular weight is 303 g/mol. The molecule has 112 valence electrons. The smallest absolute Gasteiger partial charge is 0.244 e. The molecule has 0 bridgehead atoms. The highest BCUT2D eigenvalue weighted by Crippen LogP contribution is 2.21. The first kappa shape index (κ1) is 16.4. The maximum Gasteiger partial charge on any atom is 0.244 e. The molecule has 8 heteroatoms. The zero-order valence-electron chi connectivity index (χ0n) is 11.4. The van der Waals surface area contributed by atoms with Gasteiger partial charge in [-0.3, -0.25) is 4.79 Å². The van der Waals surface area contributed by atoms with Gasteiger partial charge in [0.2, 0.25) is 15.9 Å². The Hall–Kier alpha value is -1.67. The van der Waals surface area contributed by atoms with Crippen LogP contribution in [0.4, 0.5) is 10.1 Å². The molecule has 20 heavy (non-hydrogen) atoms. The number of nitrogens with one attached hydrogen (secondary N) is 2. The van der Waals surface area contributed by atoms with Crippen molar-refractivity contribution < 1.29 is 17.6 Å². The van der Waals surface area contributed by atoms with Crippen LogP contribution in [0, 0.1) is 12.7 Å². The molecule has 0 saturated heterocycles. The first-order valence-corrected chi connectivity index (χ1v) is 7.58. The molecule has 6 nitrogen and oxygen atoms in total. The van der Waals surface area contributed by atoms with Gasteiger partial charge in [0, 0.05) is 12.2 Å². The van der Waals surface area contributed by atoms with Gasteiger partial charge in [0.05, 0.1) is 6.54 Å². The summed E-state index contributed by atoms with van der Waals surface area (Å²) in [7, 11) is -4.12. The zero-order chi connectivity index (χ0) is 15.3. The monoisotopic (exact) mass is 303 g/mol. The maximum absolute atomic E-state index is 13.8. The third-order valence-corrected chi connectivity index (χ3v) is 3.93. The van der Waals surface area contributed by atoms with Gasteiger partial charge < -0.3 is 11.1 Å². The molecule has 0 unspecified atom stereocenters. The third-order valence-electron chi connectivity index (χ3n) is 2.53. The van der Waals surface area contributed by atoms with Crippen LogP contribution in [0.3, 0.4) is 0 Å². The lowest BCUT2D eigenvalue weighted by molar-refractivity contribution is -0.119. The molecule has 0 saturated carbocycles. The lowest BCUT2D eigenvalue weighted by Gasteiger charge is -2.10. The number of carbonyl (C=O) groups excluding carboxylic acids is 1. The van der Waals surface area contributed by atoms with E-state index < -0.39 is 33.2 Å². The number of anilines is 1. The van der Waals surface area contributed by atoms with Crippen LogP contribution >= 0.6 is 0 Å². The summed E-state index contributed by atoms with van der Waals surface area (Å²) in [6, 6.07) is 2.36. The van der Waals surface area contributed by atoms with Crippen molar-refractivity contribution in [1.29, 1.82) is 0 Å². The van der Waals surface area contributed by atoms with Crippen molar-refractivity contribution in [3.05, 3.63) is 23.5 Å². The van der Waals surface area contributed by atoms with Crippen LogP contribution in [0.1, 0.15) is 18.9 Å². The summed E-state index contributed by atoms with van der Waals surface area (Å²) in [5.41, 5.74) is 5.77. The number of nitrogens with two attached hydrogens (primary N) is 1. The summed E-state index contributed by atoms with van der Waals surface area (Å²) >= 11 is 0. The largest absolute Gasteiger partial charge is 0.399 e. The van der Waals surface area contributed by atoms with Gasteiger partial charge in [0.25, 0.3) is 0 Å². The van der Waals surface area contributed by atoms with Gasteiger partial charge in [-0.25, -0.2) is 17.5 Å². The molecule has 0 aliphatic carbocycles. The third kappa shape index (κ3) is 4.17. The van der Waals surface area contributed by atoms with E-state index in [4.69, 9.17) is 5.73 Å². The first-order valence-electron chi connectivity index (χ1n) is 6.10. The van der Waals surface area contributed by atoms with Crippen molar-refractivity contribution in [2.24, 2.45) is 0 Å². The van der Waals surface area contributed by atoms with Crippen LogP contribution < -0.4 is 15.8 Å². The average Bonchev–Trinajstić information content (AvgIpc) is 2.38. The fourth-order valence-electron chi connectivity index (χ4n) is 1.52. The predicted octanol–water partition coefficient (Wildman–Crippen LogP) is 0.521. The van der Waals surface area contributed by atoms with E-state index in [2.05, 4.69) is 5.32 Å². The second-order valence-electron chi connectivity index (χ2n) is 4.32. The van der Waals surface area contributed by atoms with Gasteiger partial charge in [0.15, 0.2) is 0 Å². The quantitative estimate of drug-likeness (QED) is 0.667. The minimum Gasteiger partial charge on any atom is -0.399 e. The molecule has 0 aliphatic rings. The van der Waals surface area contributed by atoms with Crippen LogP contribution in [0.2, 0.25) is 0 Å². The van der Waals surface area contributed by atoms with Crippen LogP contribution in [-0.2, 0) is 14.8 Å². The minimum atomic E-state index is -4.12. The van der Waals surface area contributed by atoms with E-state index >= 15 is 0 Å². The molecule has 1 aromatic carbocycles. The van der Waals surface area contributed by atoms with Gasteiger partial charge in [-0.2, -0.15) is 0 Å². The molecular formula is C12H18FN3O3S. The van der Waals surface area contributed by atoms with E-state index in [-0.39, 0.29) is 11.3 Å². The summed E-state index contributed by atoms with van der Waals surface area (Å²) in [4.78, 5) is 10.8. The van der Waals surface area contributed by atoms with Crippen molar-refractivity contribution in [1.82, 2.24) is 10.0 Å². The standard InChI is InChI=1S/C12H18FN3O3S/c1-3-4-15-11(17)7-16-20(18,19)10-6-9(14)5-8(2)12(10)13/h5-6,16H,3-4,7,14H2,1-2H3,(H,15,17). The molecule has 0 spiro atoms. The summed E-state index contributed by atoms with van der Waals surface area (Å²) in [6.07, 6.45) is 0.738. The van der Waals surface area contributed by atoms with Crippen LogP contribution in [0.15, 0.2) is 17.0 Å². The topological polar surface area (TPSA) is 101 Å². The van der Waals surface area contributed by atoms with Gasteiger partial charge in [-0.05, 0) is 31.0 Å². The molecule has 0 aromatic heterocycles. The number of nitrogen functional groups attached to an aromatic ring is 1. The van der Waals surface area contributed by atoms with Crippen LogP contribution in [0.5, 0.6) is 0 Å². The molecule has 0 radical (unpaired) electrons. The second kappa shape index (κ2) is 6.67. The summed E-state index contributed by atoms with van der Waals surface area (Å²) in [5.74, 6) is -1.35. The van der Waals surface area contributed by atoms with E-state index in [0.29, 0.717) is 6.54 Å². The zero-order valence-corrected chi connectivity index (χ0v) is 12.2. The van der Waals surface area contributed by atoms with E-state index in [9.17, 15) is 17.6 Å². The van der Waals surface area contributed by atoms with Gasteiger partial charge in [-0.15, -0.1) is 0 Å². The molecule has 0 aliphatic heterocycles. The lowest BCUT2D eigenvalue weighted by Crippen LogP contribution is -2.37. The van der Waals surface area contributed by atoms with Crippen molar-refractivity contribution in [3.63, 3.8) is 0 Å². The molecule has 0 heterocycles. The Morgan fingerprint density at radius 2 is 2.05 bits per heavy atom. The fraction of sp³-hybridized carbons (Fsp3) is 0.417. The number of halogens is 1. The van der Waals surface area contributed by atoms with Crippen molar-refractivity contribution in [2.75, 3.05) is 18.8 Å². The Labute approximate surface area is 117 Å². The Morgan fingerprint density at radius 1 is 1.40 bits per heavy atom. The van der Waals surface area contributed by atoms with E-state index in [0.717, 1.165) is 12.5 Å². The predicted molar refractivity (Wildman–Crippen MR) is 74.0 cm³/mol. The highest BCUT2D eigenvalue weighted by atomic mass is 32.2. The fourth-order valence-corrected chi connectivity index (χ4v) is 2.69. The number of sulfonamides is 1. The minimum absolute atomic E-state index is 0.126. The number of rotatable bonds is 6. The Balaban J connectivity index is 2.87. The number of amides is 1. The number of hydrogen-bond acceptors (Lipinski definition) is 4. The van der Waals surface area contributed by atoms with Gasteiger partial charge in [0.1, 0.15) is 10.7 Å². The first-order chi connectivity index (χ1) is 9.27. The Morgan fingerprint density at radius 3 is 2.65 bits per heavy atom. The molecule has 4 N–H and O–H groups in total. The Kier molecular flexibility index (Phi) is 5.46. The van der Waals surface area contributed by atoms with Crippen molar-refractivity contribution >= 4 is 21.6 Å². The van der Waals surface area contributed by atoms with E-state index in [1.54, 1.807) is 0 Å². The molecule has 1 amide bonds. The number of aryl methyl sites for hydroxylation is 1. The number of hydrogen-bond donors (Lipinski definition) is 3. The number of carbonyl (C=O) groups is 1. The summed E-state index contributed by atoms with van der Waals surface area (Å²) in [5, 5.41) is 2.51. The van der Waals surface area contributed by atoms with Crippen molar-refractivity contribution in [3.8, 4) is 0 Å². The summed E-state index contributed by atoms with van der Waals surface area (Å²) in [6.45, 7) is 3.29. The Bertz CT molecular complexity index is 602. The van der Waals surface area contributed by atoms with Crippen molar-refractivity contribution in [2.45, 2.75) is 25.2 Å². The van der Waals surface area contributed by atoms with Crippen LogP contribution in [-0.4, -0.2) is 27.4 Å². The normalized spacial score (nSPS) is 11.3. The van der Waals surface area contributed by atoms with E-state index in [1.165, 1.54) is 13.0 Å². The SMILES string of the molecule is CCCNC(=O)CNS(=O)(=O)c1cc(N)cc(C)c1F. The lowest BCUT2D eigenvalue weighted by atomic mass is 10.2. The molecular weight excluding hydrogens is 285 g/mol.